The largest absolute Gasteiger partial charge is 0.396 e. The van der Waals surface area contributed by atoms with E-state index in [1.807, 2.05) is 11.3 Å². The van der Waals surface area contributed by atoms with Crippen molar-refractivity contribution in [2.24, 2.45) is 5.41 Å². The van der Waals surface area contributed by atoms with E-state index in [1.165, 1.54) is 30.0 Å². The summed E-state index contributed by atoms with van der Waals surface area (Å²) in [5.74, 6) is 0.771. The molecule has 1 aromatic heterocycles. The number of nitrogens with zero attached hydrogens (tertiary/aromatic N) is 2. The second kappa shape index (κ2) is 4.91. The van der Waals surface area contributed by atoms with E-state index >= 15 is 0 Å². The summed E-state index contributed by atoms with van der Waals surface area (Å²) >= 11 is 1.83. The first kappa shape index (κ1) is 12.6. The minimum Gasteiger partial charge on any atom is -0.396 e. The molecule has 1 aliphatic heterocycles. The van der Waals surface area contributed by atoms with Gasteiger partial charge in [-0.1, -0.05) is 6.92 Å². The van der Waals surface area contributed by atoms with Gasteiger partial charge in [0, 0.05) is 36.4 Å². The molecule has 1 atom stereocenters. The maximum Gasteiger partial charge on any atom is 0.0959 e. The van der Waals surface area contributed by atoms with Gasteiger partial charge in [0.2, 0.25) is 0 Å². The molecular weight excluding hydrogens is 244 g/mol. The van der Waals surface area contributed by atoms with Gasteiger partial charge in [-0.2, -0.15) is 0 Å². The second-order valence-electron chi connectivity index (χ2n) is 6.23. The molecule has 0 bridgehead atoms. The monoisotopic (exact) mass is 266 g/mol. The van der Waals surface area contributed by atoms with E-state index in [4.69, 9.17) is 4.98 Å². The Labute approximate surface area is 113 Å². The van der Waals surface area contributed by atoms with Gasteiger partial charge in [-0.25, -0.2) is 4.98 Å². The lowest BCUT2D eigenvalue weighted by Gasteiger charge is -2.39. The normalized spacial score (nSPS) is 29.7. The maximum atomic E-state index is 9.48. The van der Waals surface area contributed by atoms with Crippen LogP contribution in [0.1, 0.15) is 49.2 Å². The Morgan fingerprint density at radius 2 is 2.39 bits per heavy atom. The summed E-state index contributed by atoms with van der Waals surface area (Å²) in [6.07, 6.45) is 5.00. The summed E-state index contributed by atoms with van der Waals surface area (Å²) in [4.78, 5) is 7.20. The van der Waals surface area contributed by atoms with Gasteiger partial charge >= 0.3 is 0 Å². The number of rotatable bonds is 4. The predicted octanol–water partition coefficient (Wildman–Crippen LogP) is 2.61. The van der Waals surface area contributed by atoms with Gasteiger partial charge in [-0.15, -0.1) is 11.3 Å². The van der Waals surface area contributed by atoms with Crippen molar-refractivity contribution in [3.8, 4) is 0 Å². The number of likely N-dealkylation sites (tertiary alicyclic amines) is 1. The highest BCUT2D eigenvalue weighted by Gasteiger charge is 2.31. The van der Waals surface area contributed by atoms with Gasteiger partial charge in [0.15, 0.2) is 0 Å². The summed E-state index contributed by atoms with van der Waals surface area (Å²) in [6.45, 7) is 5.59. The van der Waals surface area contributed by atoms with Crippen molar-refractivity contribution in [3.63, 3.8) is 0 Å². The highest BCUT2D eigenvalue weighted by Crippen LogP contribution is 2.41. The lowest BCUT2D eigenvalue weighted by molar-refractivity contribution is 0.0424. The Hall–Kier alpha value is -0.450. The molecule has 100 valence electrons. The van der Waals surface area contributed by atoms with Crippen LogP contribution in [-0.4, -0.2) is 34.7 Å². The first-order valence-electron chi connectivity index (χ1n) is 6.96. The Morgan fingerprint density at radius 3 is 3.11 bits per heavy atom. The highest BCUT2D eigenvalue weighted by atomic mass is 32.1. The number of aromatic nitrogens is 1. The van der Waals surface area contributed by atoms with Gasteiger partial charge in [0.25, 0.3) is 0 Å². The van der Waals surface area contributed by atoms with Crippen LogP contribution >= 0.6 is 11.3 Å². The standard InChI is InChI=1S/C14H22N2OS/c1-14(10-17)5-2-6-16(9-14)7-12-8-18-13(15-12)11-3-4-11/h8,11,17H,2-7,9-10H2,1H3. The molecule has 0 radical (unpaired) electrons. The Kier molecular flexibility index (Phi) is 3.43. The van der Waals surface area contributed by atoms with Crippen LogP contribution < -0.4 is 0 Å². The number of piperidine rings is 1. The maximum absolute atomic E-state index is 9.48. The topological polar surface area (TPSA) is 36.4 Å². The predicted molar refractivity (Wildman–Crippen MR) is 73.8 cm³/mol. The summed E-state index contributed by atoms with van der Waals surface area (Å²) in [5, 5.41) is 13.0. The van der Waals surface area contributed by atoms with Crippen molar-refractivity contribution >= 4 is 11.3 Å². The van der Waals surface area contributed by atoms with Crippen molar-refractivity contribution in [1.29, 1.82) is 0 Å². The smallest absolute Gasteiger partial charge is 0.0959 e. The average Bonchev–Trinajstić information content (AvgIpc) is 3.11. The molecular formula is C14H22N2OS. The Balaban J connectivity index is 1.60. The number of hydrogen-bond donors (Lipinski definition) is 1. The van der Waals surface area contributed by atoms with Crippen LogP contribution in [-0.2, 0) is 6.54 Å². The van der Waals surface area contributed by atoms with E-state index in [2.05, 4.69) is 17.2 Å². The summed E-state index contributed by atoms with van der Waals surface area (Å²) in [6, 6.07) is 0. The van der Waals surface area contributed by atoms with Crippen LogP contribution in [0.25, 0.3) is 0 Å². The van der Waals surface area contributed by atoms with Crippen LogP contribution in [0.5, 0.6) is 0 Å². The average molecular weight is 266 g/mol. The van der Waals surface area contributed by atoms with E-state index in [-0.39, 0.29) is 5.41 Å². The van der Waals surface area contributed by atoms with Gasteiger partial charge in [0.05, 0.1) is 10.7 Å². The third-order valence-corrected chi connectivity index (χ3v) is 5.18. The molecule has 1 aliphatic carbocycles. The van der Waals surface area contributed by atoms with Crippen molar-refractivity contribution < 1.29 is 5.11 Å². The van der Waals surface area contributed by atoms with Gasteiger partial charge in [-0.3, -0.25) is 4.90 Å². The molecule has 3 nitrogen and oxygen atoms in total. The Morgan fingerprint density at radius 1 is 1.56 bits per heavy atom. The van der Waals surface area contributed by atoms with E-state index in [0.29, 0.717) is 6.61 Å². The minimum absolute atomic E-state index is 0.0909. The lowest BCUT2D eigenvalue weighted by atomic mass is 9.83. The Bertz CT molecular complexity index is 416. The molecule has 3 rings (SSSR count). The molecule has 1 saturated carbocycles. The van der Waals surface area contributed by atoms with Gasteiger partial charge in [-0.05, 0) is 32.2 Å². The molecule has 2 aliphatic rings. The molecule has 2 fully saturated rings. The van der Waals surface area contributed by atoms with E-state index < -0.39 is 0 Å². The molecule has 1 N–H and O–H groups in total. The molecule has 1 unspecified atom stereocenters. The van der Waals surface area contributed by atoms with E-state index in [1.54, 1.807) is 0 Å². The van der Waals surface area contributed by atoms with Crippen LogP contribution in [0.2, 0.25) is 0 Å². The van der Waals surface area contributed by atoms with Crippen LogP contribution in [0.15, 0.2) is 5.38 Å². The van der Waals surface area contributed by atoms with Gasteiger partial charge in [0.1, 0.15) is 0 Å². The van der Waals surface area contributed by atoms with Crippen LogP contribution in [0.3, 0.4) is 0 Å². The zero-order valence-corrected chi connectivity index (χ0v) is 11.9. The molecule has 1 saturated heterocycles. The third kappa shape index (κ3) is 2.76. The molecule has 4 heteroatoms. The molecule has 2 heterocycles. The second-order valence-corrected chi connectivity index (χ2v) is 7.12. The van der Waals surface area contributed by atoms with Crippen molar-refractivity contribution in [2.45, 2.75) is 45.1 Å². The van der Waals surface area contributed by atoms with Gasteiger partial charge < -0.3 is 5.11 Å². The summed E-state index contributed by atoms with van der Waals surface area (Å²) < 4.78 is 0. The first-order valence-corrected chi connectivity index (χ1v) is 7.84. The summed E-state index contributed by atoms with van der Waals surface area (Å²) in [5.41, 5.74) is 1.32. The quantitative estimate of drug-likeness (QED) is 0.910. The molecule has 0 aromatic carbocycles. The molecule has 0 amide bonds. The molecule has 0 spiro atoms. The van der Waals surface area contributed by atoms with Crippen molar-refractivity contribution in [1.82, 2.24) is 9.88 Å². The number of aliphatic hydroxyl groups excluding tert-OH is 1. The fourth-order valence-electron chi connectivity index (χ4n) is 2.83. The first-order chi connectivity index (χ1) is 8.68. The fourth-order valence-corrected chi connectivity index (χ4v) is 3.82. The third-order valence-electron chi connectivity index (χ3n) is 4.12. The van der Waals surface area contributed by atoms with Crippen molar-refractivity contribution in [2.75, 3.05) is 19.7 Å². The number of hydrogen-bond acceptors (Lipinski definition) is 4. The van der Waals surface area contributed by atoms with Crippen LogP contribution in [0, 0.1) is 5.41 Å². The van der Waals surface area contributed by atoms with Crippen molar-refractivity contribution in [3.05, 3.63) is 16.1 Å². The van der Waals surface area contributed by atoms with Crippen LogP contribution in [0.4, 0.5) is 0 Å². The fraction of sp³-hybridized carbons (Fsp3) is 0.786. The lowest BCUT2D eigenvalue weighted by Crippen LogP contribution is -2.43. The number of aliphatic hydroxyl groups is 1. The molecule has 1 aromatic rings. The minimum atomic E-state index is 0.0909. The van der Waals surface area contributed by atoms with E-state index in [0.717, 1.165) is 32.0 Å². The zero-order chi connectivity index (χ0) is 12.6. The molecule has 18 heavy (non-hydrogen) atoms. The zero-order valence-electron chi connectivity index (χ0n) is 11.1. The highest BCUT2D eigenvalue weighted by molar-refractivity contribution is 7.09. The summed E-state index contributed by atoms with van der Waals surface area (Å²) in [7, 11) is 0. The number of thiazole rings is 1. The van der Waals surface area contributed by atoms with E-state index in [9.17, 15) is 5.11 Å². The SMILES string of the molecule is CC1(CO)CCCN(Cc2csc(C3CC3)n2)C1.